The lowest BCUT2D eigenvalue weighted by molar-refractivity contribution is 0.130. The maximum absolute atomic E-state index is 10.8. The average molecular weight is 209 g/mol. The number of hydrogen-bond acceptors (Lipinski definition) is 3. The lowest BCUT2D eigenvalue weighted by Crippen LogP contribution is -2.21. The van der Waals surface area contributed by atoms with Crippen LogP contribution in [-0.4, -0.2) is 28.3 Å². The third-order valence-electron chi connectivity index (χ3n) is 2.41. The summed E-state index contributed by atoms with van der Waals surface area (Å²) >= 11 is 0. The highest BCUT2D eigenvalue weighted by Gasteiger charge is 2.23. The number of nitrogens with zero attached hydrogens (tertiary/aromatic N) is 2. The van der Waals surface area contributed by atoms with Crippen LogP contribution in [0.4, 0.5) is 4.79 Å². The third kappa shape index (κ3) is 2.11. The first-order valence-corrected chi connectivity index (χ1v) is 5.12. The van der Waals surface area contributed by atoms with Crippen molar-refractivity contribution >= 4 is 6.09 Å². The van der Waals surface area contributed by atoms with Crippen LogP contribution >= 0.6 is 0 Å². The van der Waals surface area contributed by atoms with Crippen LogP contribution in [0.25, 0.3) is 0 Å². The zero-order valence-electron chi connectivity index (χ0n) is 8.93. The van der Waals surface area contributed by atoms with Gasteiger partial charge in [0.2, 0.25) is 0 Å². The zero-order chi connectivity index (χ0) is 10.8. The predicted octanol–water partition coefficient (Wildman–Crippen LogP) is 1.11. The second-order valence-corrected chi connectivity index (χ2v) is 4.00. The maximum Gasteiger partial charge on any atom is 0.407 e. The smallest absolute Gasteiger partial charge is 0.407 e. The number of amides is 1. The predicted molar refractivity (Wildman–Crippen MR) is 54.6 cm³/mol. The van der Waals surface area contributed by atoms with E-state index in [1.807, 2.05) is 10.8 Å². The van der Waals surface area contributed by atoms with Crippen LogP contribution in [0.2, 0.25) is 0 Å². The number of hydrogen-bond donors (Lipinski definition) is 1. The van der Waals surface area contributed by atoms with E-state index in [1.165, 1.54) is 0 Å². The van der Waals surface area contributed by atoms with Gasteiger partial charge in [0.25, 0.3) is 0 Å². The van der Waals surface area contributed by atoms with E-state index >= 15 is 0 Å². The molecule has 0 aromatic carbocycles. The van der Waals surface area contributed by atoms with E-state index in [1.54, 1.807) is 6.20 Å². The second kappa shape index (κ2) is 3.92. The van der Waals surface area contributed by atoms with Crippen molar-refractivity contribution in [1.82, 2.24) is 14.9 Å². The van der Waals surface area contributed by atoms with Gasteiger partial charge < -0.3 is 14.6 Å². The Morgan fingerprint density at radius 3 is 3.13 bits per heavy atom. The van der Waals surface area contributed by atoms with Crippen LogP contribution in [0.15, 0.2) is 12.4 Å². The Labute approximate surface area is 88.4 Å². The van der Waals surface area contributed by atoms with Gasteiger partial charge >= 0.3 is 6.09 Å². The van der Waals surface area contributed by atoms with E-state index in [0.717, 1.165) is 5.82 Å². The van der Waals surface area contributed by atoms with Gasteiger partial charge in [-0.3, -0.25) is 0 Å². The molecule has 0 saturated carbocycles. The summed E-state index contributed by atoms with van der Waals surface area (Å²) in [4.78, 5) is 15.1. The zero-order valence-corrected chi connectivity index (χ0v) is 8.93. The van der Waals surface area contributed by atoms with E-state index in [2.05, 4.69) is 24.1 Å². The Bertz CT molecular complexity index is 359. The molecular formula is C10H15N3O2. The average Bonchev–Trinajstić information content (AvgIpc) is 2.75. The lowest BCUT2D eigenvalue weighted by Gasteiger charge is -2.13. The van der Waals surface area contributed by atoms with Gasteiger partial charge in [-0.15, -0.1) is 0 Å². The summed E-state index contributed by atoms with van der Waals surface area (Å²) < 4.78 is 7.11. The number of nitrogens with one attached hydrogen (secondary N) is 1. The van der Waals surface area contributed by atoms with Crippen molar-refractivity contribution in [1.29, 1.82) is 0 Å². The standard InChI is InChI=1S/C10H15N3O2/c1-7(2)9-11-3-4-13(9)6-8-5-12-10(14)15-8/h3-4,7-8H,5-6H2,1-2H3,(H,12,14). The van der Waals surface area contributed by atoms with Gasteiger partial charge in [0.05, 0.1) is 13.1 Å². The van der Waals surface area contributed by atoms with E-state index in [9.17, 15) is 4.79 Å². The van der Waals surface area contributed by atoms with Crippen LogP contribution in [0.3, 0.4) is 0 Å². The molecule has 1 amide bonds. The Balaban J connectivity index is 2.04. The van der Waals surface area contributed by atoms with Crippen molar-refractivity contribution in [2.75, 3.05) is 6.54 Å². The first-order chi connectivity index (χ1) is 7.16. The highest BCUT2D eigenvalue weighted by molar-refractivity contribution is 5.69. The fourth-order valence-electron chi connectivity index (χ4n) is 1.73. The number of ether oxygens (including phenoxy) is 1. The maximum atomic E-state index is 10.8. The number of alkyl carbamates (subject to hydrolysis) is 1. The summed E-state index contributed by atoms with van der Waals surface area (Å²) in [6, 6.07) is 0. The molecule has 1 atom stereocenters. The van der Waals surface area contributed by atoms with E-state index < -0.39 is 0 Å². The highest BCUT2D eigenvalue weighted by atomic mass is 16.6. The molecule has 1 unspecified atom stereocenters. The van der Waals surface area contributed by atoms with Crippen molar-refractivity contribution in [2.24, 2.45) is 0 Å². The van der Waals surface area contributed by atoms with Gasteiger partial charge in [-0.05, 0) is 0 Å². The Morgan fingerprint density at radius 1 is 1.73 bits per heavy atom. The summed E-state index contributed by atoms with van der Waals surface area (Å²) in [7, 11) is 0. The molecule has 0 radical (unpaired) electrons. The van der Waals surface area contributed by atoms with Crippen LogP contribution in [0.1, 0.15) is 25.6 Å². The Morgan fingerprint density at radius 2 is 2.53 bits per heavy atom. The van der Waals surface area contributed by atoms with Crippen LogP contribution in [0, 0.1) is 0 Å². The molecule has 2 heterocycles. The van der Waals surface area contributed by atoms with Crippen molar-refractivity contribution in [3.63, 3.8) is 0 Å². The lowest BCUT2D eigenvalue weighted by atomic mass is 10.2. The summed E-state index contributed by atoms with van der Waals surface area (Å²) in [5.41, 5.74) is 0. The Kier molecular flexibility index (Phi) is 2.62. The van der Waals surface area contributed by atoms with Crippen molar-refractivity contribution in [3.05, 3.63) is 18.2 Å². The molecule has 1 aromatic rings. The summed E-state index contributed by atoms with van der Waals surface area (Å²) in [6.07, 6.45) is 3.29. The summed E-state index contributed by atoms with van der Waals surface area (Å²) in [5.74, 6) is 1.41. The molecule has 1 aliphatic heterocycles. The van der Waals surface area contributed by atoms with E-state index in [0.29, 0.717) is 19.0 Å². The molecule has 0 aliphatic carbocycles. The van der Waals surface area contributed by atoms with E-state index in [-0.39, 0.29) is 12.2 Å². The van der Waals surface area contributed by atoms with Gasteiger partial charge in [0.1, 0.15) is 11.9 Å². The molecule has 1 aliphatic rings. The molecular weight excluding hydrogens is 194 g/mol. The quantitative estimate of drug-likeness (QED) is 0.811. The number of cyclic esters (lactones) is 1. The van der Waals surface area contributed by atoms with Gasteiger partial charge in [0, 0.05) is 18.3 Å². The van der Waals surface area contributed by atoms with E-state index in [4.69, 9.17) is 4.74 Å². The first-order valence-electron chi connectivity index (χ1n) is 5.12. The molecule has 15 heavy (non-hydrogen) atoms. The molecule has 5 heteroatoms. The normalized spacial score (nSPS) is 20.5. The molecule has 2 rings (SSSR count). The van der Waals surface area contributed by atoms with Gasteiger partial charge in [-0.2, -0.15) is 0 Å². The molecule has 5 nitrogen and oxygen atoms in total. The molecule has 1 fully saturated rings. The highest BCUT2D eigenvalue weighted by Crippen LogP contribution is 2.13. The largest absolute Gasteiger partial charge is 0.442 e. The molecule has 82 valence electrons. The fourth-order valence-corrected chi connectivity index (χ4v) is 1.73. The molecule has 0 bridgehead atoms. The van der Waals surface area contributed by atoms with Crippen LogP contribution in [-0.2, 0) is 11.3 Å². The SMILES string of the molecule is CC(C)c1nccn1CC1CNC(=O)O1. The number of imidazole rings is 1. The molecule has 0 spiro atoms. The van der Waals surface area contributed by atoms with Crippen molar-refractivity contribution < 1.29 is 9.53 Å². The van der Waals surface area contributed by atoms with Gasteiger partial charge in [-0.25, -0.2) is 9.78 Å². The monoisotopic (exact) mass is 209 g/mol. The topological polar surface area (TPSA) is 56.2 Å². The molecule has 1 aromatic heterocycles. The van der Waals surface area contributed by atoms with Crippen LogP contribution in [0.5, 0.6) is 0 Å². The molecule has 1 saturated heterocycles. The minimum absolute atomic E-state index is 0.0794. The number of aromatic nitrogens is 2. The van der Waals surface area contributed by atoms with Gasteiger partial charge in [0.15, 0.2) is 0 Å². The van der Waals surface area contributed by atoms with Crippen molar-refractivity contribution in [3.8, 4) is 0 Å². The van der Waals surface area contributed by atoms with Crippen molar-refractivity contribution in [2.45, 2.75) is 32.4 Å². The summed E-state index contributed by atoms with van der Waals surface area (Å²) in [6.45, 7) is 5.44. The Hall–Kier alpha value is -1.52. The fraction of sp³-hybridized carbons (Fsp3) is 0.600. The summed E-state index contributed by atoms with van der Waals surface area (Å²) in [5, 5.41) is 2.64. The van der Waals surface area contributed by atoms with Gasteiger partial charge in [-0.1, -0.05) is 13.8 Å². The number of rotatable bonds is 3. The minimum atomic E-state index is -0.328. The molecule has 1 N–H and O–H groups in total. The minimum Gasteiger partial charge on any atom is -0.442 e. The number of carbonyl (C=O) groups is 1. The second-order valence-electron chi connectivity index (χ2n) is 4.00. The first kappa shape index (κ1) is 10.0. The van der Waals surface area contributed by atoms with Crippen LogP contribution < -0.4 is 5.32 Å². The number of carbonyl (C=O) groups excluding carboxylic acids is 1. The third-order valence-corrected chi connectivity index (χ3v) is 2.41.